The summed E-state index contributed by atoms with van der Waals surface area (Å²) in [7, 11) is 1.79. The number of rotatable bonds is 3. The van der Waals surface area contributed by atoms with Crippen LogP contribution in [0.2, 0.25) is 0 Å². The zero-order chi connectivity index (χ0) is 13.1. The van der Waals surface area contributed by atoms with E-state index in [4.69, 9.17) is 5.26 Å². The summed E-state index contributed by atoms with van der Waals surface area (Å²) in [6.45, 7) is 2.36. The molecule has 1 unspecified atom stereocenters. The molecule has 0 aromatic heterocycles. The number of carbonyl (C=O) groups is 1. The topological polar surface area (TPSA) is 44.1 Å². The standard InChI is InChI=1S/C15H18N2O/c1-11(9-16)10-17(2)15(18)14-7-12-5-3-4-6-13(12)8-14/h3-6,11,14H,7-8,10H2,1-2H3. The SMILES string of the molecule is CC(C#N)CN(C)C(=O)C1Cc2ccccc2C1. The van der Waals surface area contributed by atoms with Crippen molar-refractivity contribution in [3.63, 3.8) is 0 Å². The van der Waals surface area contributed by atoms with Crippen molar-refractivity contribution in [1.82, 2.24) is 4.90 Å². The van der Waals surface area contributed by atoms with Crippen LogP contribution in [0.5, 0.6) is 0 Å². The Morgan fingerprint density at radius 3 is 2.50 bits per heavy atom. The first kappa shape index (κ1) is 12.6. The van der Waals surface area contributed by atoms with Gasteiger partial charge in [0.2, 0.25) is 5.91 Å². The molecule has 1 aromatic rings. The van der Waals surface area contributed by atoms with E-state index in [2.05, 4.69) is 18.2 Å². The predicted octanol–water partition coefficient (Wildman–Crippen LogP) is 2.02. The number of hydrogen-bond donors (Lipinski definition) is 0. The molecule has 18 heavy (non-hydrogen) atoms. The molecule has 1 aliphatic carbocycles. The maximum atomic E-state index is 12.3. The first-order valence-electron chi connectivity index (χ1n) is 6.33. The summed E-state index contributed by atoms with van der Waals surface area (Å²) in [4.78, 5) is 14.0. The van der Waals surface area contributed by atoms with Crippen molar-refractivity contribution < 1.29 is 4.79 Å². The number of fused-ring (bicyclic) bond motifs is 1. The van der Waals surface area contributed by atoms with Crippen molar-refractivity contribution in [2.45, 2.75) is 19.8 Å². The number of hydrogen-bond acceptors (Lipinski definition) is 2. The zero-order valence-electron chi connectivity index (χ0n) is 10.9. The maximum absolute atomic E-state index is 12.3. The molecular weight excluding hydrogens is 224 g/mol. The Morgan fingerprint density at radius 1 is 1.44 bits per heavy atom. The van der Waals surface area contributed by atoms with Crippen LogP contribution < -0.4 is 0 Å². The number of carbonyl (C=O) groups excluding carboxylic acids is 1. The molecule has 2 rings (SSSR count). The van der Waals surface area contributed by atoms with Crippen molar-refractivity contribution in [3.8, 4) is 6.07 Å². The summed E-state index contributed by atoms with van der Waals surface area (Å²) in [5.74, 6) is 0.106. The number of benzene rings is 1. The van der Waals surface area contributed by atoms with Gasteiger partial charge in [-0.15, -0.1) is 0 Å². The Kier molecular flexibility index (Phi) is 3.66. The van der Waals surface area contributed by atoms with E-state index >= 15 is 0 Å². The average Bonchev–Trinajstić information content (AvgIpc) is 2.81. The highest BCUT2D eigenvalue weighted by Crippen LogP contribution is 2.27. The van der Waals surface area contributed by atoms with Gasteiger partial charge in [-0.1, -0.05) is 24.3 Å². The highest BCUT2D eigenvalue weighted by molar-refractivity contribution is 5.80. The second kappa shape index (κ2) is 5.22. The smallest absolute Gasteiger partial charge is 0.226 e. The molecule has 0 saturated carbocycles. The van der Waals surface area contributed by atoms with Gasteiger partial charge >= 0.3 is 0 Å². The molecule has 1 aromatic carbocycles. The molecule has 0 spiro atoms. The molecule has 1 aliphatic rings. The van der Waals surface area contributed by atoms with E-state index in [0.29, 0.717) is 6.54 Å². The largest absolute Gasteiger partial charge is 0.344 e. The van der Waals surface area contributed by atoms with Crippen LogP contribution in [0, 0.1) is 23.2 Å². The lowest BCUT2D eigenvalue weighted by molar-refractivity contribution is -0.134. The molecule has 0 N–H and O–H groups in total. The van der Waals surface area contributed by atoms with Gasteiger partial charge in [-0.05, 0) is 30.9 Å². The van der Waals surface area contributed by atoms with Gasteiger partial charge in [0.1, 0.15) is 0 Å². The molecule has 0 fully saturated rings. The van der Waals surface area contributed by atoms with Gasteiger partial charge in [0, 0.05) is 19.5 Å². The van der Waals surface area contributed by atoms with Crippen molar-refractivity contribution in [2.24, 2.45) is 11.8 Å². The van der Waals surface area contributed by atoms with Crippen LogP contribution in [0.1, 0.15) is 18.1 Å². The second-order valence-electron chi connectivity index (χ2n) is 5.12. The fraction of sp³-hybridized carbons (Fsp3) is 0.467. The Bertz CT molecular complexity index is 465. The van der Waals surface area contributed by atoms with Gasteiger partial charge in [0.05, 0.1) is 12.0 Å². The Balaban J connectivity index is 1.99. The molecule has 1 amide bonds. The number of nitriles is 1. The van der Waals surface area contributed by atoms with Crippen molar-refractivity contribution in [3.05, 3.63) is 35.4 Å². The van der Waals surface area contributed by atoms with Crippen molar-refractivity contribution in [1.29, 1.82) is 5.26 Å². The third-order valence-electron chi connectivity index (χ3n) is 3.54. The van der Waals surface area contributed by atoms with Gasteiger partial charge in [-0.2, -0.15) is 5.26 Å². The third-order valence-corrected chi connectivity index (χ3v) is 3.54. The van der Waals surface area contributed by atoms with Crippen LogP contribution >= 0.6 is 0 Å². The summed E-state index contributed by atoms with van der Waals surface area (Å²) in [6.07, 6.45) is 1.67. The highest BCUT2D eigenvalue weighted by atomic mass is 16.2. The average molecular weight is 242 g/mol. The van der Waals surface area contributed by atoms with E-state index < -0.39 is 0 Å². The van der Waals surface area contributed by atoms with Crippen LogP contribution in [-0.2, 0) is 17.6 Å². The predicted molar refractivity (Wildman–Crippen MR) is 69.8 cm³/mol. The quantitative estimate of drug-likeness (QED) is 0.814. The molecule has 3 nitrogen and oxygen atoms in total. The van der Waals surface area contributed by atoms with E-state index in [0.717, 1.165) is 12.8 Å². The van der Waals surface area contributed by atoms with E-state index in [1.165, 1.54) is 11.1 Å². The first-order valence-corrected chi connectivity index (χ1v) is 6.33. The second-order valence-corrected chi connectivity index (χ2v) is 5.12. The third kappa shape index (κ3) is 2.53. The molecule has 0 bridgehead atoms. The fourth-order valence-corrected chi connectivity index (χ4v) is 2.59. The van der Waals surface area contributed by atoms with E-state index in [9.17, 15) is 4.79 Å². The van der Waals surface area contributed by atoms with Gasteiger partial charge in [-0.25, -0.2) is 0 Å². The van der Waals surface area contributed by atoms with Crippen LogP contribution in [-0.4, -0.2) is 24.4 Å². The Labute approximate surface area is 108 Å². The summed E-state index contributed by atoms with van der Waals surface area (Å²) in [5, 5.41) is 8.78. The summed E-state index contributed by atoms with van der Waals surface area (Å²) in [5.41, 5.74) is 2.58. The van der Waals surface area contributed by atoms with Crippen LogP contribution in [0.15, 0.2) is 24.3 Å². The van der Waals surface area contributed by atoms with Gasteiger partial charge in [0.25, 0.3) is 0 Å². The minimum Gasteiger partial charge on any atom is -0.344 e. The van der Waals surface area contributed by atoms with E-state index in [-0.39, 0.29) is 17.7 Å². The lowest BCUT2D eigenvalue weighted by Gasteiger charge is -2.21. The lowest BCUT2D eigenvalue weighted by atomic mass is 10.0. The van der Waals surface area contributed by atoms with E-state index in [1.807, 2.05) is 19.1 Å². The van der Waals surface area contributed by atoms with Crippen LogP contribution in [0.25, 0.3) is 0 Å². The lowest BCUT2D eigenvalue weighted by Crippen LogP contribution is -2.36. The van der Waals surface area contributed by atoms with Gasteiger partial charge < -0.3 is 4.90 Å². The van der Waals surface area contributed by atoms with E-state index in [1.54, 1.807) is 11.9 Å². The fourth-order valence-electron chi connectivity index (χ4n) is 2.59. The molecule has 0 aliphatic heterocycles. The Hall–Kier alpha value is -1.82. The first-order chi connectivity index (χ1) is 8.61. The summed E-state index contributed by atoms with van der Waals surface area (Å²) >= 11 is 0. The summed E-state index contributed by atoms with van der Waals surface area (Å²) < 4.78 is 0. The normalized spacial score (nSPS) is 15.8. The Morgan fingerprint density at radius 2 is 2.00 bits per heavy atom. The molecule has 0 heterocycles. The molecule has 1 atom stereocenters. The zero-order valence-corrected chi connectivity index (χ0v) is 10.9. The minimum absolute atomic E-state index is 0.0540. The van der Waals surface area contributed by atoms with Crippen molar-refractivity contribution >= 4 is 5.91 Å². The van der Waals surface area contributed by atoms with Gasteiger partial charge in [0.15, 0.2) is 0 Å². The number of amides is 1. The monoisotopic (exact) mass is 242 g/mol. The highest BCUT2D eigenvalue weighted by Gasteiger charge is 2.29. The maximum Gasteiger partial charge on any atom is 0.226 e. The van der Waals surface area contributed by atoms with Gasteiger partial charge in [-0.3, -0.25) is 4.79 Å². The van der Waals surface area contributed by atoms with Crippen LogP contribution in [0.3, 0.4) is 0 Å². The van der Waals surface area contributed by atoms with Crippen LogP contribution in [0.4, 0.5) is 0 Å². The molecule has 94 valence electrons. The number of nitrogens with zero attached hydrogens (tertiary/aromatic N) is 2. The summed E-state index contributed by atoms with van der Waals surface area (Å²) in [6, 6.07) is 10.4. The molecule has 0 saturated heterocycles. The minimum atomic E-state index is -0.109. The molecule has 3 heteroatoms. The molecular formula is C15H18N2O. The molecule has 0 radical (unpaired) electrons. The van der Waals surface area contributed by atoms with Crippen molar-refractivity contribution in [2.75, 3.05) is 13.6 Å².